The van der Waals surface area contributed by atoms with E-state index in [0.29, 0.717) is 0 Å². The van der Waals surface area contributed by atoms with Crippen LogP contribution in [0.2, 0.25) is 0 Å². The average molecular weight is 157 g/mol. The second kappa shape index (κ2) is 6.32. The molecule has 0 fully saturated rings. The first-order chi connectivity index (χ1) is 4.81. The van der Waals surface area contributed by atoms with Crippen molar-refractivity contribution in [2.75, 3.05) is 0 Å². The van der Waals surface area contributed by atoms with E-state index in [9.17, 15) is 0 Å². The summed E-state index contributed by atoms with van der Waals surface area (Å²) >= 11 is -0.500. The first-order valence-electron chi connectivity index (χ1n) is 2.76. The zero-order valence-electron chi connectivity index (χ0n) is 5.65. The van der Waals surface area contributed by atoms with Crippen molar-refractivity contribution >= 4 is 11.9 Å². The fraction of sp³-hybridized carbons (Fsp3) is 0.143. The summed E-state index contributed by atoms with van der Waals surface area (Å²) in [6.07, 6.45) is 0. The Labute approximate surface area is 64.2 Å². The molecule has 0 amide bonds. The van der Waals surface area contributed by atoms with Gasteiger partial charge in [-0.15, -0.1) is 0 Å². The molecule has 2 nitrogen and oxygen atoms in total. The van der Waals surface area contributed by atoms with Crippen molar-refractivity contribution < 1.29 is 8.76 Å². The van der Waals surface area contributed by atoms with Gasteiger partial charge < -0.3 is 0 Å². The number of hydrogen-bond acceptors (Lipinski definition) is 1. The zero-order chi connectivity index (χ0) is 7.82. The van der Waals surface area contributed by atoms with Crippen LogP contribution in [-0.4, -0.2) is 4.55 Å². The Kier molecular flexibility index (Phi) is 5.82. The first kappa shape index (κ1) is 9.20. The molecular formula is C7H9O2S+. The van der Waals surface area contributed by atoms with Gasteiger partial charge in [-0.05, 0) is 6.92 Å². The van der Waals surface area contributed by atoms with Crippen LogP contribution in [-0.2, 0) is 16.2 Å². The third-order valence-corrected chi connectivity index (χ3v) is 0.940. The molecule has 0 unspecified atom stereocenters. The molecule has 1 aromatic rings. The van der Waals surface area contributed by atoms with E-state index in [1.165, 1.54) is 5.56 Å². The maximum absolute atomic E-state index is 8.40. The van der Waals surface area contributed by atoms with E-state index in [1.54, 1.807) is 0 Å². The quantitative estimate of drug-likeness (QED) is 0.461. The fourth-order valence-corrected chi connectivity index (χ4v) is 0.534. The standard InChI is InChI=1S/C7H8.O2S/c1-7-5-3-2-4-6-7;1-3-2/h2-6H,1H3;/p+1. The molecule has 0 aliphatic carbocycles. The summed E-state index contributed by atoms with van der Waals surface area (Å²) < 4.78 is 15.3. The second-order valence-electron chi connectivity index (χ2n) is 1.73. The lowest BCUT2D eigenvalue weighted by Crippen LogP contribution is -1.62. The van der Waals surface area contributed by atoms with Crippen LogP contribution in [0.5, 0.6) is 0 Å². The van der Waals surface area contributed by atoms with Gasteiger partial charge in [0.05, 0.1) is 4.21 Å². The highest BCUT2D eigenvalue weighted by Crippen LogP contribution is 1.92. The highest BCUT2D eigenvalue weighted by atomic mass is 32.2. The van der Waals surface area contributed by atoms with E-state index < -0.39 is 11.9 Å². The highest BCUT2D eigenvalue weighted by molar-refractivity contribution is 7.59. The molecule has 0 bridgehead atoms. The predicted octanol–water partition coefficient (Wildman–Crippen LogP) is 1.88. The molecule has 1 rings (SSSR count). The summed E-state index contributed by atoms with van der Waals surface area (Å²) in [6.45, 7) is 2.08. The third kappa shape index (κ3) is 5.34. The van der Waals surface area contributed by atoms with Crippen molar-refractivity contribution in [2.24, 2.45) is 0 Å². The van der Waals surface area contributed by atoms with Crippen molar-refractivity contribution in [2.45, 2.75) is 6.92 Å². The van der Waals surface area contributed by atoms with Crippen LogP contribution in [0.15, 0.2) is 30.3 Å². The summed E-state index contributed by atoms with van der Waals surface area (Å²) in [4.78, 5) is 0. The second-order valence-corrected chi connectivity index (χ2v) is 1.88. The van der Waals surface area contributed by atoms with Crippen molar-refractivity contribution in [3.63, 3.8) is 0 Å². The Morgan fingerprint density at radius 3 is 1.90 bits per heavy atom. The molecule has 0 saturated carbocycles. The molecule has 1 aromatic carbocycles. The monoisotopic (exact) mass is 157 g/mol. The molecule has 10 heavy (non-hydrogen) atoms. The Bertz CT molecular complexity index is 174. The van der Waals surface area contributed by atoms with E-state index in [4.69, 9.17) is 8.76 Å². The van der Waals surface area contributed by atoms with Crippen LogP contribution in [0.25, 0.3) is 0 Å². The lowest BCUT2D eigenvalue weighted by molar-refractivity contribution is 0.538. The van der Waals surface area contributed by atoms with Gasteiger partial charge in [-0.1, -0.05) is 40.4 Å². The summed E-state index contributed by atoms with van der Waals surface area (Å²) in [5.41, 5.74) is 1.32. The minimum Gasteiger partial charge on any atom is -0.0737 e. The third-order valence-electron chi connectivity index (χ3n) is 0.940. The van der Waals surface area contributed by atoms with Gasteiger partial charge >= 0.3 is 11.9 Å². The van der Waals surface area contributed by atoms with Gasteiger partial charge in [0.15, 0.2) is 0 Å². The minimum atomic E-state index is -0.500. The molecule has 0 atom stereocenters. The van der Waals surface area contributed by atoms with Gasteiger partial charge in [-0.2, -0.15) is 0 Å². The van der Waals surface area contributed by atoms with E-state index in [1.807, 2.05) is 18.2 Å². The zero-order valence-corrected chi connectivity index (χ0v) is 6.47. The number of benzene rings is 1. The molecule has 0 aromatic heterocycles. The van der Waals surface area contributed by atoms with E-state index in [-0.39, 0.29) is 0 Å². The molecule has 0 aliphatic rings. The minimum absolute atomic E-state index is 0.500. The van der Waals surface area contributed by atoms with Gasteiger partial charge in [0.25, 0.3) is 0 Å². The molecule has 54 valence electrons. The van der Waals surface area contributed by atoms with Crippen molar-refractivity contribution in [3.8, 4) is 0 Å². The SMILES string of the molecule is Cc1ccccc1.O=[S+]O. The van der Waals surface area contributed by atoms with Crippen molar-refractivity contribution in [3.05, 3.63) is 35.9 Å². The molecule has 0 saturated heterocycles. The summed E-state index contributed by atoms with van der Waals surface area (Å²) in [7, 11) is 0. The van der Waals surface area contributed by atoms with E-state index >= 15 is 0 Å². The molecule has 0 heterocycles. The van der Waals surface area contributed by atoms with Crippen LogP contribution < -0.4 is 0 Å². The van der Waals surface area contributed by atoms with Crippen LogP contribution >= 0.6 is 0 Å². The lowest BCUT2D eigenvalue weighted by atomic mass is 10.2. The topological polar surface area (TPSA) is 37.3 Å². The van der Waals surface area contributed by atoms with Gasteiger partial charge in [-0.25, -0.2) is 0 Å². The summed E-state index contributed by atoms with van der Waals surface area (Å²) in [6, 6.07) is 10.3. The largest absolute Gasteiger partial charge is 0.690 e. The van der Waals surface area contributed by atoms with Gasteiger partial charge in [0.2, 0.25) is 0 Å². The van der Waals surface area contributed by atoms with Gasteiger partial charge in [0.1, 0.15) is 0 Å². The maximum Gasteiger partial charge on any atom is 0.690 e. The Morgan fingerprint density at radius 1 is 1.30 bits per heavy atom. The molecule has 1 N–H and O–H groups in total. The van der Waals surface area contributed by atoms with Gasteiger partial charge in [-0.3, -0.25) is 0 Å². The van der Waals surface area contributed by atoms with Crippen LogP contribution in [0, 0.1) is 6.92 Å². The smallest absolute Gasteiger partial charge is 0.0737 e. The average Bonchev–Trinajstić information content (AvgIpc) is 1.91. The number of hydrogen-bond donors (Lipinski definition) is 1. The summed E-state index contributed by atoms with van der Waals surface area (Å²) in [5, 5.41) is 0. The number of aryl methyl sites for hydroxylation is 1. The highest BCUT2D eigenvalue weighted by Gasteiger charge is 1.72. The Balaban J connectivity index is 0.000000236. The molecular weight excluding hydrogens is 148 g/mol. The molecule has 3 heteroatoms. The molecule has 0 radical (unpaired) electrons. The molecule has 0 spiro atoms. The van der Waals surface area contributed by atoms with Gasteiger partial charge in [0, 0.05) is 0 Å². The fourth-order valence-electron chi connectivity index (χ4n) is 0.534. The van der Waals surface area contributed by atoms with Crippen LogP contribution in [0.3, 0.4) is 0 Å². The Hall–Kier alpha value is -0.800. The van der Waals surface area contributed by atoms with Crippen LogP contribution in [0.4, 0.5) is 0 Å². The van der Waals surface area contributed by atoms with E-state index in [2.05, 4.69) is 19.1 Å². The van der Waals surface area contributed by atoms with Crippen molar-refractivity contribution in [1.29, 1.82) is 0 Å². The normalized spacial score (nSPS) is 7.40. The number of rotatable bonds is 0. The Morgan fingerprint density at radius 2 is 1.70 bits per heavy atom. The van der Waals surface area contributed by atoms with E-state index in [0.717, 1.165) is 0 Å². The maximum atomic E-state index is 8.40. The molecule has 0 aliphatic heterocycles. The summed E-state index contributed by atoms with van der Waals surface area (Å²) in [5.74, 6) is 0. The predicted molar refractivity (Wildman–Crippen MR) is 41.9 cm³/mol. The lowest BCUT2D eigenvalue weighted by Gasteiger charge is -1.82. The first-order valence-corrected chi connectivity index (χ1v) is 3.46. The van der Waals surface area contributed by atoms with Crippen LogP contribution in [0.1, 0.15) is 5.56 Å². The van der Waals surface area contributed by atoms with Crippen molar-refractivity contribution in [1.82, 2.24) is 0 Å².